The number of hydrogen-bond acceptors (Lipinski definition) is 5. The summed E-state index contributed by atoms with van der Waals surface area (Å²) in [4.78, 5) is 1.85. The van der Waals surface area contributed by atoms with Crippen molar-refractivity contribution in [3.8, 4) is 0 Å². The van der Waals surface area contributed by atoms with Crippen LogP contribution in [0.1, 0.15) is 18.6 Å². The Morgan fingerprint density at radius 3 is 2.75 bits per heavy atom. The maximum absolute atomic E-state index is 11.9. The van der Waals surface area contributed by atoms with Crippen LogP contribution in [0.4, 0.5) is 5.69 Å². The number of rotatable bonds is 3. The van der Waals surface area contributed by atoms with Crippen molar-refractivity contribution in [2.75, 3.05) is 29.2 Å². The second-order valence-corrected chi connectivity index (χ2v) is 8.70. The minimum atomic E-state index is -3.17. The first-order chi connectivity index (χ1) is 9.30. The van der Waals surface area contributed by atoms with Gasteiger partial charge in [0.25, 0.3) is 0 Å². The Hall–Kier alpha value is -0.430. The van der Waals surface area contributed by atoms with E-state index in [9.17, 15) is 13.5 Å². The molecule has 1 N–H and O–H groups in total. The highest BCUT2D eigenvalue weighted by Crippen LogP contribution is 2.33. The average molecular weight is 336 g/mol. The highest BCUT2D eigenvalue weighted by molar-refractivity contribution is 8.01. The number of thioether (sulfide) groups is 1. The molecule has 1 aliphatic heterocycles. The van der Waals surface area contributed by atoms with Gasteiger partial charge in [0, 0.05) is 24.3 Å². The summed E-state index contributed by atoms with van der Waals surface area (Å²) < 4.78 is 23.8. The van der Waals surface area contributed by atoms with Gasteiger partial charge in [-0.25, -0.2) is 8.42 Å². The highest BCUT2D eigenvalue weighted by Gasteiger charge is 2.32. The fourth-order valence-corrected chi connectivity index (χ4v) is 5.36. The monoisotopic (exact) mass is 335 g/mol. The lowest BCUT2D eigenvalue weighted by Gasteiger charge is -2.36. The minimum absolute atomic E-state index is 0.476. The van der Waals surface area contributed by atoms with Gasteiger partial charge in [-0.15, -0.1) is 0 Å². The van der Waals surface area contributed by atoms with Gasteiger partial charge >= 0.3 is 0 Å². The zero-order chi connectivity index (χ0) is 14.9. The number of aliphatic hydroxyl groups is 1. The van der Waals surface area contributed by atoms with E-state index in [0.717, 1.165) is 11.3 Å². The number of halogens is 1. The Labute approximate surface area is 129 Å². The summed E-state index contributed by atoms with van der Waals surface area (Å²) in [5, 5.41) is 9.49. The van der Waals surface area contributed by atoms with Gasteiger partial charge in [0.05, 0.1) is 16.8 Å². The molecular formula is C13H18ClNO3S2. The van der Waals surface area contributed by atoms with Crippen LogP contribution in [0, 0.1) is 0 Å². The third-order valence-corrected chi connectivity index (χ3v) is 6.29. The van der Waals surface area contributed by atoms with Crippen molar-refractivity contribution in [1.82, 2.24) is 0 Å². The molecule has 112 valence electrons. The summed E-state index contributed by atoms with van der Waals surface area (Å²) >= 11 is 7.91. The molecule has 4 nitrogen and oxygen atoms in total. The molecule has 2 rings (SSSR count). The van der Waals surface area contributed by atoms with Crippen LogP contribution in [0.15, 0.2) is 18.2 Å². The molecule has 1 aromatic carbocycles. The molecule has 1 aliphatic rings. The first kappa shape index (κ1) is 15.9. The molecular weight excluding hydrogens is 318 g/mol. The van der Waals surface area contributed by atoms with E-state index < -0.39 is 21.3 Å². The third kappa shape index (κ3) is 3.42. The SMILES string of the molecule is C[C@@H](O)c1ccc(N2CCSCC2S(C)(=O)=O)c(Cl)c1. The van der Waals surface area contributed by atoms with Crippen LogP contribution < -0.4 is 4.90 Å². The number of benzene rings is 1. The van der Waals surface area contributed by atoms with Gasteiger partial charge in [-0.1, -0.05) is 17.7 Å². The van der Waals surface area contributed by atoms with Gasteiger partial charge in [-0.3, -0.25) is 0 Å². The summed E-state index contributed by atoms with van der Waals surface area (Å²) in [7, 11) is -3.17. The standard InChI is InChI=1S/C13H18ClNO3S2/c1-9(16)10-3-4-12(11(14)7-10)15-5-6-19-8-13(15)20(2,17)18/h3-4,7,9,13,16H,5-6,8H2,1-2H3/t9-,13?/m1/s1. The molecule has 2 atom stereocenters. The average Bonchev–Trinajstić information content (AvgIpc) is 2.37. The number of anilines is 1. The molecule has 7 heteroatoms. The summed E-state index contributed by atoms with van der Waals surface area (Å²) in [6.07, 6.45) is 0.665. The Balaban J connectivity index is 2.38. The molecule has 20 heavy (non-hydrogen) atoms. The van der Waals surface area contributed by atoms with E-state index in [-0.39, 0.29) is 0 Å². The molecule has 0 bridgehead atoms. The first-order valence-corrected chi connectivity index (χ1v) is 9.80. The molecule has 0 radical (unpaired) electrons. The Morgan fingerprint density at radius 2 is 2.20 bits per heavy atom. The van der Waals surface area contributed by atoms with Gasteiger partial charge in [0.2, 0.25) is 0 Å². The van der Waals surface area contributed by atoms with Crippen LogP contribution in [0.5, 0.6) is 0 Å². The maximum atomic E-state index is 11.9. The van der Waals surface area contributed by atoms with Gasteiger partial charge in [0.15, 0.2) is 9.84 Å². The molecule has 1 heterocycles. The van der Waals surface area contributed by atoms with Crippen molar-refractivity contribution in [3.05, 3.63) is 28.8 Å². The quantitative estimate of drug-likeness (QED) is 0.918. The van der Waals surface area contributed by atoms with E-state index in [1.807, 2.05) is 4.90 Å². The predicted octanol–water partition coefficient (Wildman–Crippen LogP) is 2.32. The predicted molar refractivity (Wildman–Crippen MR) is 85.4 cm³/mol. The van der Waals surface area contributed by atoms with Gasteiger partial charge in [-0.05, 0) is 24.6 Å². The number of sulfone groups is 1. The zero-order valence-electron chi connectivity index (χ0n) is 11.4. The summed E-state index contributed by atoms with van der Waals surface area (Å²) in [5.74, 6) is 1.42. The van der Waals surface area contributed by atoms with Crippen LogP contribution in [0.2, 0.25) is 5.02 Å². The Morgan fingerprint density at radius 1 is 1.50 bits per heavy atom. The molecule has 0 spiro atoms. The van der Waals surface area contributed by atoms with E-state index in [4.69, 9.17) is 11.6 Å². The van der Waals surface area contributed by atoms with E-state index in [1.165, 1.54) is 6.26 Å². The van der Waals surface area contributed by atoms with E-state index in [2.05, 4.69) is 0 Å². The van der Waals surface area contributed by atoms with Crippen LogP contribution >= 0.6 is 23.4 Å². The van der Waals surface area contributed by atoms with E-state index in [0.29, 0.717) is 23.0 Å². The van der Waals surface area contributed by atoms with Crippen molar-refractivity contribution in [2.24, 2.45) is 0 Å². The lowest BCUT2D eigenvalue weighted by Crippen LogP contribution is -2.47. The van der Waals surface area contributed by atoms with Crippen LogP contribution in [0.25, 0.3) is 0 Å². The number of nitrogens with zero attached hydrogens (tertiary/aromatic N) is 1. The topological polar surface area (TPSA) is 57.6 Å². The first-order valence-electron chi connectivity index (χ1n) is 6.31. The number of hydrogen-bond donors (Lipinski definition) is 1. The molecule has 0 saturated carbocycles. The van der Waals surface area contributed by atoms with Crippen molar-refractivity contribution in [3.63, 3.8) is 0 Å². The van der Waals surface area contributed by atoms with Gasteiger partial charge < -0.3 is 10.0 Å². The van der Waals surface area contributed by atoms with Crippen LogP contribution in [-0.4, -0.2) is 43.2 Å². The normalized spacial score (nSPS) is 21.8. The molecule has 0 amide bonds. The van der Waals surface area contributed by atoms with Crippen LogP contribution in [-0.2, 0) is 9.84 Å². The van der Waals surface area contributed by atoms with Crippen molar-refractivity contribution in [1.29, 1.82) is 0 Å². The second-order valence-electron chi connectivity index (χ2n) is 4.94. The molecule has 1 unspecified atom stereocenters. The fraction of sp³-hybridized carbons (Fsp3) is 0.538. The second kappa shape index (κ2) is 6.13. The summed E-state index contributed by atoms with van der Waals surface area (Å²) in [6.45, 7) is 2.32. The van der Waals surface area contributed by atoms with Crippen molar-refractivity contribution >= 4 is 38.9 Å². The molecule has 1 saturated heterocycles. The summed E-state index contributed by atoms with van der Waals surface area (Å²) in [6, 6.07) is 5.27. The molecule has 0 aromatic heterocycles. The lowest BCUT2D eigenvalue weighted by molar-refractivity contribution is 0.199. The zero-order valence-corrected chi connectivity index (χ0v) is 13.8. The van der Waals surface area contributed by atoms with E-state index in [1.54, 1.807) is 36.9 Å². The Bertz CT molecular complexity index is 589. The van der Waals surface area contributed by atoms with Gasteiger partial charge in [-0.2, -0.15) is 11.8 Å². The smallest absolute Gasteiger partial charge is 0.169 e. The molecule has 1 fully saturated rings. The number of aliphatic hydroxyl groups excluding tert-OH is 1. The summed E-state index contributed by atoms with van der Waals surface area (Å²) in [5.41, 5.74) is 1.44. The molecule has 1 aromatic rings. The molecule has 0 aliphatic carbocycles. The van der Waals surface area contributed by atoms with Crippen molar-refractivity contribution < 1.29 is 13.5 Å². The largest absolute Gasteiger partial charge is 0.389 e. The van der Waals surface area contributed by atoms with Crippen molar-refractivity contribution in [2.45, 2.75) is 18.4 Å². The van der Waals surface area contributed by atoms with Gasteiger partial charge in [0.1, 0.15) is 5.37 Å². The van der Waals surface area contributed by atoms with E-state index >= 15 is 0 Å². The maximum Gasteiger partial charge on any atom is 0.169 e. The highest BCUT2D eigenvalue weighted by atomic mass is 35.5. The lowest BCUT2D eigenvalue weighted by atomic mass is 10.1. The minimum Gasteiger partial charge on any atom is -0.389 e. The Kier molecular flexibility index (Phi) is 4.89. The third-order valence-electron chi connectivity index (χ3n) is 3.34. The fourth-order valence-electron chi connectivity index (χ4n) is 2.23. The van der Waals surface area contributed by atoms with Crippen LogP contribution in [0.3, 0.4) is 0 Å².